The Hall–Kier alpha value is -2.43. The van der Waals surface area contributed by atoms with Gasteiger partial charge in [-0.2, -0.15) is 4.98 Å². The number of halogens is 2. The minimum atomic E-state index is -0.502. The lowest BCUT2D eigenvalue weighted by Gasteiger charge is -2.28. The maximum absolute atomic E-state index is 12.8. The third kappa shape index (κ3) is 5.23. The van der Waals surface area contributed by atoms with Gasteiger partial charge >= 0.3 is 5.97 Å². The lowest BCUT2D eigenvalue weighted by molar-refractivity contribution is -0.139. The molecule has 2 heterocycles. The van der Waals surface area contributed by atoms with Crippen molar-refractivity contribution in [1.82, 2.24) is 14.8 Å². The summed E-state index contributed by atoms with van der Waals surface area (Å²) in [4.78, 5) is 30.0. The van der Waals surface area contributed by atoms with Crippen molar-refractivity contribution in [3.05, 3.63) is 79.9 Å². The molecule has 10 heteroatoms. The Morgan fingerprint density at radius 3 is 2.36 bits per heavy atom. The number of aromatic nitrogens is 3. The predicted molar refractivity (Wildman–Crippen MR) is 134 cm³/mol. The summed E-state index contributed by atoms with van der Waals surface area (Å²) in [5.74, 6) is 0.285. The van der Waals surface area contributed by atoms with E-state index in [0.29, 0.717) is 27.9 Å². The molecule has 0 saturated heterocycles. The summed E-state index contributed by atoms with van der Waals surface area (Å²) in [5, 5.41) is 8.24. The van der Waals surface area contributed by atoms with Gasteiger partial charge in [0.05, 0.1) is 17.9 Å². The minimum Gasteiger partial charge on any atom is -0.463 e. The molecule has 7 nitrogen and oxygen atoms in total. The number of ether oxygens (including phenoxy) is 1. The van der Waals surface area contributed by atoms with Crippen LogP contribution in [0.2, 0.25) is 0 Å². The van der Waals surface area contributed by atoms with E-state index >= 15 is 0 Å². The van der Waals surface area contributed by atoms with Crippen molar-refractivity contribution < 1.29 is 14.3 Å². The maximum atomic E-state index is 12.8. The topological polar surface area (TPSA) is 86.1 Å². The van der Waals surface area contributed by atoms with E-state index in [4.69, 9.17) is 4.74 Å². The molecular formula is C23H20Br2N4O3S. The second-order valence-corrected chi connectivity index (χ2v) is 9.99. The maximum Gasteiger partial charge on any atom is 0.338 e. The van der Waals surface area contributed by atoms with Crippen molar-refractivity contribution in [3.63, 3.8) is 0 Å². The number of fused-ring (bicyclic) bond motifs is 1. The van der Waals surface area contributed by atoms with Gasteiger partial charge in [0, 0.05) is 20.2 Å². The molecular weight excluding hydrogens is 572 g/mol. The van der Waals surface area contributed by atoms with E-state index in [1.54, 1.807) is 23.7 Å². The quantitative estimate of drug-likeness (QED) is 0.216. The second-order valence-electron chi connectivity index (χ2n) is 7.22. The van der Waals surface area contributed by atoms with Crippen molar-refractivity contribution >= 4 is 61.3 Å². The Balaban J connectivity index is 1.63. The molecule has 1 atom stereocenters. The van der Waals surface area contributed by atoms with Gasteiger partial charge in [-0.1, -0.05) is 67.9 Å². The Morgan fingerprint density at radius 1 is 1.09 bits per heavy atom. The molecule has 33 heavy (non-hydrogen) atoms. The van der Waals surface area contributed by atoms with Crippen LogP contribution in [-0.2, 0) is 9.53 Å². The fraction of sp³-hybridized carbons (Fsp3) is 0.217. The van der Waals surface area contributed by atoms with Gasteiger partial charge in [0.1, 0.15) is 6.04 Å². The zero-order chi connectivity index (χ0) is 23.5. The summed E-state index contributed by atoms with van der Waals surface area (Å²) in [6.45, 7) is 3.86. The molecule has 0 spiro atoms. The zero-order valence-electron chi connectivity index (χ0n) is 17.8. The van der Waals surface area contributed by atoms with E-state index in [1.165, 1.54) is 11.8 Å². The van der Waals surface area contributed by atoms with E-state index in [-0.39, 0.29) is 18.1 Å². The van der Waals surface area contributed by atoms with Crippen molar-refractivity contribution in [1.29, 1.82) is 0 Å². The first-order valence-corrected chi connectivity index (χ1v) is 12.7. The van der Waals surface area contributed by atoms with Crippen molar-refractivity contribution in [2.45, 2.75) is 25.0 Å². The molecule has 1 aromatic heterocycles. The number of allylic oxidation sites excluding steroid dienone is 1. The number of hydrogen-bond acceptors (Lipinski definition) is 7. The molecule has 4 rings (SSSR count). The molecule has 0 fully saturated rings. The summed E-state index contributed by atoms with van der Waals surface area (Å²) in [6.07, 6.45) is 0. The van der Waals surface area contributed by atoms with E-state index in [1.807, 2.05) is 43.3 Å². The fourth-order valence-corrected chi connectivity index (χ4v) is 4.72. The zero-order valence-corrected chi connectivity index (χ0v) is 21.8. The summed E-state index contributed by atoms with van der Waals surface area (Å²) < 4.78 is 8.85. The van der Waals surface area contributed by atoms with E-state index < -0.39 is 12.0 Å². The molecule has 0 bridgehead atoms. The SMILES string of the molecule is CCOC(=O)C1=C(C)Nc2nc(SCC(=O)c3ccc(Br)cc3)nn2[C@@H]1c1ccc(Br)cc1. The number of carbonyl (C=O) groups excluding carboxylic acids is 2. The number of benzene rings is 2. The number of esters is 1. The number of hydrogen-bond donors (Lipinski definition) is 1. The van der Waals surface area contributed by atoms with Gasteiger partial charge in [-0.15, -0.1) is 5.10 Å². The molecule has 2 aromatic carbocycles. The van der Waals surface area contributed by atoms with Crippen LogP contribution in [0.4, 0.5) is 5.95 Å². The van der Waals surface area contributed by atoms with Crippen LogP contribution in [0.1, 0.15) is 35.8 Å². The molecule has 3 aromatic rings. The summed E-state index contributed by atoms with van der Waals surface area (Å²) in [7, 11) is 0. The van der Waals surface area contributed by atoms with E-state index in [2.05, 4.69) is 47.3 Å². The van der Waals surface area contributed by atoms with Crippen LogP contribution in [-0.4, -0.2) is 38.9 Å². The van der Waals surface area contributed by atoms with Gasteiger partial charge in [-0.3, -0.25) is 4.79 Å². The number of Topliss-reactive ketones (excluding diaryl/α,β-unsaturated/α-hetero) is 1. The molecule has 0 aliphatic carbocycles. The smallest absolute Gasteiger partial charge is 0.338 e. The number of thioether (sulfide) groups is 1. The molecule has 0 amide bonds. The van der Waals surface area contributed by atoms with Crippen LogP contribution in [0.25, 0.3) is 0 Å². The van der Waals surface area contributed by atoms with Crippen LogP contribution in [0, 0.1) is 0 Å². The van der Waals surface area contributed by atoms with Crippen LogP contribution in [0.5, 0.6) is 0 Å². The highest BCUT2D eigenvalue weighted by Gasteiger charge is 2.35. The van der Waals surface area contributed by atoms with Gasteiger partial charge < -0.3 is 10.1 Å². The highest BCUT2D eigenvalue weighted by Crippen LogP contribution is 2.37. The Kier molecular flexibility index (Phi) is 7.35. The van der Waals surface area contributed by atoms with Gasteiger partial charge in [0.25, 0.3) is 0 Å². The molecule has 0 saturated carbocycles. The van der Waals surface area contributed by atoms with Gasteiger partial charge in [-0.25, -0.2) is 9.48 Å². The molecule has 0 unspecified atom stereocenters. The third-order valence-electron chi connectivity index (χ3n) is 5.01. The number of ketones is 1. The number of rotatable bonds is 7. The first-order valence-electron chi connectivity index (χ1n) is 10.2. The summed E-state index contributed by atoms with van der Waals surface area (Å²) in [5.41, 5.74) is 2.63. The molecule has 170 valence electrons. The first-order chi connectivity index (χ1) is 15.9. The highest BCUT2D eigenvalue weighted by atomic mass is 79.9. The lowest BCUT2D eigenvalue weighted by atomic mass is 9.96. The van der Waals surface area contributed by atoms with E-state index in [0.717, 1.165) is 14.5 Å². The number of nitrogens with zero attached hydrogens (tertiary/aromatic N) is 3. The van der Waals surface area contributed by atoms with Crippen LogP contribution >= 0.6 is 43.6 Å². The fourth-order valence-electron chi connectivity index (χ4n) is 3.47. The molecule has 1 aliphatic heterocycles. The molecule has 0 radical (unpaired) electrons. The normalized spacial score (nSPS) is 15.1. The Morgan fingerprint density at radius 2 is 1.73 bits per heavy atom. The second kappa shape index (κ2) is 10.2. The monoisotopic (exact) mass is 590 g/mol. The summed E-state index contributed by atoms with van der Waals surface area (Å²) >= 11 is 8.09. The Bertz CT molecular complexity index is 1220. The van der Waals surface area contributed by atoms with Crippen molar-refractivity contribution in [2.24, 2.45) is 0 Å². The average Bonchev–Trinajstić information content (AvgIpc) is 3.20. The number of anilines is 1. The van der Waals surface area contributed by atoms with Crippen molar-refractivity contribution in [2.75, 3.05) is 17.7 Å². The number of carbonyl (C=O) groups is 2. The molecule has 1 N–H and O–H groups in total. The largest absolute Gasteiger partial charge is 0.463 e. The predicted octanol–water partition coefficient (Wildman–Crippen LogP) is 5.63. The lowest BCUT2D eigenvalue weighted by Crippen LogP contribution is -2.29. The van der Waals surface area contributed by atoms with Gasteiger partial charge in [0.15, 0.2) is 5.78 Å². The van der Waals surface area contributed by atoms with Gasteiger partial charge in [0.2, 0.25) is 11.1 Å². The Labute approximate surface area is 212 Å². The summed E-state index contributed by atoms with van der Waals surface area (Å²) in [6, 6.07) is 14.4. The van der Waals surface area contributed by atoms with Gasteiger partial charge in [-0.05, 0) is 43.7 Å². The third-order valence-corrected chi connectivity index (χ3v) is 6.91. The standard InChI is InChI=1S/C23H20Br2N4O3S/c1-3-32-21(31)19-13(2)26-22-27-23(33-12-18(30)14-4-8-16(24)9-5-14)28-29(22)20(19)15-6-10-17(25)11-7-15/h4-11,20H,3,12H2,1-2H3,(H,26,27,28)/t20-/m1/s1. The number of nitrogens with one attached hydrogen (secondary N) is 1. The van der Waals surface area contributed by atoms with Crippen LogP contribution in [0.15, 0.2) is 73.9 Å². The minimum absolute atomic E-state index is 0.0146. The average molecular weight is 592 g/mol. The van der Waals surface area contributed by atoms with E-state index in [9.17, 15) is 9.59 Å². The van der Waals surface area contributed by atoms with Crippen LogP contribution < -0.4 is 5.32 Å². The van der Waals surface area contributed by atoms with Crippen molar-refractivity contribution in [3.8, 4) is 0 Å². The van der Waals surface area contributed by atoms with Crippen LogP contribution in [0.3, 0.4) is 0 Å². The first kappa shape index (κ1) is 23.7. The molecule has 1 aliphatic rings. The highest BCUT2D eigenvalue weighted by molar-refractivity contribution is 9.10.